The van der Waals surface area contributed by atoms with Crippen LogP contribution in [-0.4, -0.2) is 47.0 Å². The van der Waals surface area contributed by atoms with E-state index in [0.29, 0.717) is 13.0 Å². The van der Waals surface area contributed by atoms with Crippen LogP contribution in [0.5, 0.6) is 0 Å². The van der Waals surface area contributed by atoms with Gasteiger partial charge in [0, 0.05) is 26.4 Å². The topological polar surface area (TPSA) is 98.7 Å². The van der Waals surface area contributed by atoms with E-state index in [9.17, 15) is 14.4 Å². The van der Waals surface area contributed by atoms with Crippen LogP contribution < -0.4 is 10.7 Å². The lowest BCUT2D eigenvalue weighted by Crippen LogP contribution is -2.56. The van der Waals surface area contributed by atoms with E-state index in [2.05, 4.69) is 10.7 Å². The largest absolute Gasteiger partial charge is 0.480 e. The van der Waals surface area contributed by atoms with Gasteiger partial charge < -0.3 is 10.4 Å². The minimum absolute atomic E-state index is 0.0936. The fraction of sp³-hybridized carbons (Fsp3) is 0.700. The number of rotatable bonds is 4. The molecule has 1 saturated heterocycles. The van der Waals surface area contributed by atoms with Gasteiger partial charge in [-0.2, -0.15) is 0 Å². The number of nitrogens with one attached hydrogen (secondary N) is 2. The van der Waals surface area contributed by atoms with Gasteiger partial charge in [0.15, 0.2) is 0 Å². The summed E-state index contributed by atoms with van der Waals surface area (Å²) in [4.78, 5) is 33.3. The van der Waals surface area contributed by atoms with Crippen molar-refractivity contribution in [3.05, 3.63) is 0 Å². The summed E-state index contributed by atoms with van der Waals surface area (Å²) < 4.78 is 0. The first-order valence-electron chi connectivity index (χ1n) is 5.55. The van der Waals surface area contributed by atoms with Crippen LogP contribution in [0.1, 0.15) is 26.2 Å². The van der Waals surface area contributed by atoms with Crippen molar-refractivity contribution < 1.29 is 19.5 Å². The Balaban J connectivity index is 2.47. The number of carbonyl (C=O) groups is 3. The van der Waals surface area contributed by atoms with E-state index in [0.717, 1.165) is 11.4 Å². The van der Waals surface area contributed by atoms with E-state index in [1.54, 1.807) is 0 Å². The molecule has 0 radical (unpaired) electrons. The SMILES string of the molecule is CC(=O)NCCC(=O)N1NCCC[C@H]1C(=O)O. The molecule has 7 heteroatoms. The molecule has 1 heterocycles. The van der Waals surface area contributed by atoms with Gasteiger partial charge in [0.25, 0.3) is 0 Å². The van der Waals surface area contributed by atoms with Crippen molar-refractivity contribution in [3.63, 3.8) is 0 Å². The molecule has 1 fully saturated rings. The highest BCUT2D eigenvalue weighted by atomic mass is 16.4. The third-order valence-electron chi connectivity index (χ3n) is 2.51. The van der Waals surface area contributed by atoms with Crippen molar-refractivity contribution in [1.82, 2.24) is 15.8 Å². The van der Waals surface area contributed by atoms with Crippen LogP contribution >= 0.6 is 0 Å². The Morgan fingerprint density at radius 2 is 2.18 bits per heavy atom. The number of nitrogens with zero attached hydrogens (tertiary/aromatic N) is 1. The molecule has 7 nitrogen and oxygen atoms in total. The minimum Gasteiger partial charge on any atom is -0.480 e. The summed E-state index contributed by atoms with van der Waals surface area (Å²) in [5.41, 5.74) is 2.78. The first-order chi connectivity index (χ1) is 8.02. The summed E-state index contributed by atoms with van der Waals surface area (Å²) in [7, 11) is 0. The van der Waals surface area contributed by atoms with Crippen LogP contribution in [0.3, 0.4) is 0 Å². The average molecular weight is 243 g/mol. The normalized spacial score (nSPS) is 19.8. The molecule has 96 valence electrons. The molecule has 0 aromatic carbocycles. The maximum absolute atomic E-state index is 11.7. The molecule has 0 aromatic rings. The Kier molecular flexibility index (Phi) is 4.89. The highest BCUT2D eigenvalue weighted by Crippen LogP contribution is 2.11. The molecule has 1 atom stereocenters. The summed E-state index contributed by atoms with van der Waals surface area (Å²) in [5.74, 6) is -1.53. The fourth-order valence-corrected chi connectivity index (χ4v) is 1.70. The van der Waals surface area contributed by atoms with E-state index in [1.165, 1.54) is 6.92 Å². The number of hydrazine groups is 1. The number of hydrogen-bond acceptors (Lipinski definition) is 4. The maximum Gasteiger partial charge on any atom is 0.328 e. The molecule has 3 N–H and O–H groups in total. The second kappa shape index (κ2) is 6.19. The summed E-state index contributed by atoms with van der Waals surface area (Å²) in [5, 5.41) is 12.6. The molecule has 1 aliphatic heterocycles. The Morgan fingerprint density at radius 3 is 2.76 bits per heavy atom. The summed E-state index contributed by atoms with van der Waals surface area (Å²) in [6.07, 6.45) is 1.27. The zero-order valence-corrected chi connectivity index (χ0v) is 9.73. The lowest BCUT2D eigenvalue weighted by Gasteiger charge is -2.33. The monoisotopic (exact) mass is 243 g/mol. The van der Waals surface area contributed by atoms with E-state index >= 15 is 0 Å². The van der Waals surface area contributed by atoms with Gasteiger partial charge in [-0.1, -0.05) is 0 Å². The quantitative estimate of drug-likeness (QED) is 0.594. The van der Waals surface area contributed by atoms with Gasteiger partial charge in [0.2, 0.25) is 11.8 Å². The van der Waals surface area contributed by atoms with Gasteiger partial charge in [0.05, 0.1) is 0 Å². The predicted octanol–water partition coefficient (Wildman–Crippen LogP) is -0.907. The van der Waals surface area contributed by atoms with Gasteiger partial charge in [-0.3, -0.25) is 14.6 Å². The molecule has 0 saturated carbocycles. The molecule has 0 unspecified atom stereocenters. The van der Waals surface area contributed by atoms with Crippen molar-refractivity contribution in [2.45, 2.75) is 32.2 Å². The van der Waals surface area contributed by atoms with Gasteiger partial charge in [0.1, 0.15) is 6.04 Å². The van der Waals surface area contributed by atoms with E-state index in [1.807, 2.05) is 0 Å². The Morgan fingerprint density at radius 1 is 1.47 bits per heavy atom. The minimum atomic E-state index is -1.01. The van der Waals surface area contributed by atoms with Gasteiger partial charge in [-0.05, 0) is 12.8 Å². The van der Waals surface area contributed by atoms with Gasteiger partial charge in [-0.25, -0.2) is 10.2 Å². The standard InChI is InChI=1S/C10H17N3O4/c1-7(14)11-6-4-9(15)13-8(10(16)17)3-2-5-12-13/h8,12H,2-6H2,1H3,(H,11,14)(H,16,17)/t8-/m0/s1. The number of hydrogen-bond donors (Lipinski definition) is 3. The smallest absolute Gasteiger partial charge is 0.328 e. The maximum atomic E-state index is 11.7. The second-order valence-electron chi connectivity index (χ2n) is 3.90. The van der Waals surface area contributed by atoms with Crippen LogP contribution in [-0.2, 0) is 14.4 Å². The van der Waals surface area contributed by atoms with E-state index in [-0.39, 0.29) is 24.8 Å². The van der Waals surface area contributed by atoms with E-state index in [4.69, 9.17) is 5.11 Å². The molecule has 1 aliphatic rings. The molecular formula is C10H17N3O4. The summed E-state index contributed by atoms with van der Waals surface area (Å²) >= 11 is 0. The Labute approximate surface area is 99.1 Å². The first-order valence-corrected chi connectivity index (χ1v) is 5.55. The predicted molar refractivity (Wildman–Crippen MR) is 58.8 cm³/mol. The number of amides is 2. The molecular weight excluding hydrogens is 226 g/mol. The summed E-state index contributed by atoms with van der Waals surface area (Å²) in [6.45, 7) is 2.18. The van der Waals surface area contributed by atoms with Crippen LogP contribution in [0.15, 0.2) is 0 Å². The summed E-state index contributed by atoms with van der Waals surface area (Å²) in [6, 6.07) is -0.812. The van der Waals surface area contributed by atoms with Gasteiger partial charge in [-0.15, -0.1) is 0 Å². The Bertz CT molecular complexity index is 319. The van der Waals surface area contributed by atoms with E-state index < -0.39 is 12.0 Å². The highest BCUT2D eigenvalue weighted by Gasteiger charge is 2.31. The van der Waals surface area contributed by atoms with Gasteiger partial charge >= 0.3 is 5.97 Å². The molecule has 0 bridgehead atoms. The molecule has 0 spiro atoms. The molecule has 1 rings (SSSR count). The first kappa shape index (κ1) is 13.4. The lowest BCUT2D eigenvalue weighted by molar-refractivity contribution is -0.155. The molecule has 0 aromatic heterocycles. The molecule has 0 aliphatic carbocycles. The van der Waals surface area contributed by atoms with Crippen molar-refractivity contribution >= 4 is 17.8 Å². The zero-order valence-electron chi connectivity index (χ0n) is 9.73. The van der Waals surface area contributed by atoms with Crippen LogP contribution in [0.25, 0.3) is 0 Å². The number of carboxylic acids is 1. The molecule has 2 amide bonds. The number of carbonyl (C=O) groups excluding carboxylic acids is 2. The number of carboxylic acid groups (broad SMARTS) is 1. The van der Waals surface area contributed by atoms with Crippen LogP contribution in [0, 0.1) is 0 Å². The lowest BCUT2D eigenvalue weighted by atomic mass is 10.1. The van der Waals surface area contributed by atoms with Crippen LogP contribution in [0.2, 0.25) is 0 Å². The molecule has 17 heavy (non-hydrogen) atoms. The van der Waals surface area contributed by atoms with Crippen molar-refractivity contribution in [1.29, 1.82) is 0 Å². The van der Waals surface area contributed by atoms with Crippen molar-refractivity contribution in [2.75, 3.05) is 13.1 Å². The highest BCUT2D eigenvalue weighted by molar-refractivity contribution is 5.84. The van der Waals surface area contributed by atoms with Crippen LogP contribution in [0.4, 0.5) is 0 Å². The van der Waals surface area contributed by atoms with Crippen molar-refractivity contribution in [3.8, 4) is 0 Å². The zero-order chi connectivity index (χ0) is 12.8. The average Bonchev–Trinajstić information content (AvgIpc) is 2.28. The second-order valence-corrected chi connectivity index (χ2v) is 3.90. The Hall–Kier alpha value is -1.63. The third-order valence-corrected chi connectivity index (χ3v) is 2.51. The fourth-order valence-electron chi connectivity index (χ4n) is 1.70. The third kappa shape index (κ3) is 4.03. The number of aliphatic carboxylic acids is 1. The van der Waals surface area contributed by atoms with Crippen molar-refractivity contribution in [2.24, 2.45) is 0 Å².